The van der Waals surface area contributed by atoms with Crippen molar-refractivity contribution in [3.8, 4) is 11.5 Å². The van der Waals surface area contributed by atoms with E-state index in [9.17, 15) is 14.4 Å². The number of carbonyl (C=O) groups is 3. The molecule has 4 amide bonds. The Hall–Kier alpha value is -3.75. The second-order valence-corrected chi connectivity index (χ2v) is 8.75. The molecule has 3 rings (SSSR count). The van der Waals surface area contributed by atoms with E-state index in [0.29, 0.717) is 49.8 Å². The summed E-state index contributed by atoms with van der Waals surface area (Å²) in [6.07, 6.45) is 0. The summed E-state index contributed by atoms with van der Waals surface area (Å²) in [6.45, 7) is 5.75. The molecule has 0 bridgehead atoms. The first-order chi connectivity index (χ1) is 16.8. The van der Waals surface area contributed by atoms with E-state index in [1.165, 1.54) is 14.2 Å². The van der Waals surface area contributed by atoms with Crippen LogP contribution in [-0.4, -0.2) is 74.1 Å². The van der Waals surface area contributed by atoms with E-state index in [1.54, 1.807) is 28.0 Å². The van der Waals surface area contributed by atoms with Crippen molar-refractivity contribution in [2.24, 2.45) is 5.92 Å². The van der Waals surface area contributed by atoms with Gasteiger partial charge in [0.05, 0.1) is 14.2 Å². The fourth-order valence-corrected chi connectivity index (χ4v) is 3.92. The van der Waals surface area contributed by atoms with Gasteiger partial charge in [-0.25, -0.2) is 4.79 Å². The molecular weight excluding hydrogens is 448 g/mol. The Kier molecular flexibility index (Phi) is 8.94. The zero-order valence-electron chi connectivity index (χ0n) is 20.7. The van der Waals surface area contributed by atoms with E-state index < -0.39 is 6.04 Å². The van der Waals surface area contributed by atoms with Crippen molar-refractivity contribution >= 4 is 17.8 Å². The minimum Gasteiger partial charge on any atom is -0.497 e. The van der Waals surface area contributed by atoms with Gasteiger partial charge in [-0.2, -0.15) is 0 Å². The van der Waals surface area contributed by atoms with Crippen LogP contribution in [0.4, 0.5) is 4.79 Å². The standard InChI is InChI=1S/C26H34N4O5/c1-18(2)23(28-26(33)27-17-19-8-6-5-7-9-19)25(32)30-12-10-29(11-13-30)24(31)20-14-21(34-3)16-22(15-20)35-4/h5-9,14-16,18,23H,10-13,17H2,1-4H3,(H2,27,28,33). The van der Waals surface area contributed by atoms with Gasteiger partial charge in [0.1, 0.15) is 17.5 Å². The Morgan fingerprint density at radius 1 is 0.886 bits per heavy atom. The fraction of sp³-hybridized carbons (Fsp3) is 0.423. The summed E-state index contributed by atoms with van der Waals surface area (Å²) in [5.41, 5.74) is 1.45. The number of benzene rings is 2. The lowest BCUT2D eigenvalue weighted by atomic mass is 10.0. The predicted molar refractivity (Wildman–Crippen MR) is 132 cm³/mol. The smallest absolute Gasteiger partial charge is 0.315 e. The van der Waals surface area contributed by atoms with Gasteiger partial charge in [0, 0.05) is 44.4 Å². The molecule has 1 saturated heterocycles. The van der Waals surface area contributed by atoms with E-state index in [1.807, 2.05) is 44.2 Å². The SMILES string of the molecule is COc1cc(OC)cc(C(=O)N2CCN(C(=O)C(NC(=O)NCc3ccccc3)C(C)C)CC2)c1. The van der Waals surface area contributed by atoms with Crippen LogP contribution in [0.5, 0.6) is 11.5 Å². The minimum atomic E-state index is -0.657. The van der Waals surface area contributed by atoms with Gasteiger partial charge in [0.15, 0.2) is 0 Å². The molecule has 1 atom stereocenters. The monoisotopic (exact) mass is 482 g/mol. The molecule has 35 heavy (non-hydrogen) atoms. The van der Waals surface area contributed by atoms with Gasteiger partial charge in [0.25, 0.3) is 5.91 Å². The highest BCUT2D eigenvalue weighted by molar-refractivity contribution is 5.95. The van der Waals surface area contributed by atoms with E-state index in [0.717, 1.165) is 5.56 Å². The number of methoxy groups -OCH3 is 2. The van der Waals surface area contributed by atoms with Crippen molar-refractivity contribution in [1.82, 2.24) is 20.4 Å². The number of piperazine rings is 1. The Morgan fingerprint density at radius 3 is 2.00 bits per heavy atom. The van der Waals surface area contributed by atoms with Crippen molar-refractivity contribution in [3.63, 3.8) is 0 Å². The maximum atomic E-state index is 13.2. The predicted octanol–water partition coefficient (Wildman–Crippen LogP) is 2.51. The number of urea groups is 1. The van der Waals surface area contributed by atoms with Crippen LogP contribution >= 0.6 is 0 Å². The summed E-state index contributed by atoms with van der Waals surface area (Å²) < 4.78 is 10.5. The molecule has 0 aliphatic carbocycles. The Morgan fingerprint density at radius 2 is 1.46 bits per heavy atom. The van der Waals surface area contributed by atoms with E-state index >= 15 is 0 Å². The van der Waals surface area contributed by atoms with Crippen LogP contribution in [0.3, 0.4) is 0 Å². The third kappa shape index (κ3) is 6.88. The second-order valence-electron chi connectivity index (χ2n) is 8.75. The molecule has 2 aromatic carbocycles. The normalized spacial score (nSPS) is 14.3. The summed E-state index contributed by atoms with van der Waals surface area (Å²) in [4.78, 5) is 42.1. The van der Waals surface area contributed by atoms with Crippen molar-refractivity contribution in [1.29, 1.82) is 0 Å². The van der Waals surface area contributed by atoms with Crippen LogP contribution < -0.4 is 20.1 Å². The molecule has 0 spiro atoms. The highest BCUT2D eigenvalue weighted by atomic mass is 16.5. The summed E-state index contributed by atoms with van der Waals surface area (Å²) in [7, 11) is 3.07. The third-order valence-corrected chi connectivity index (χ3v) is 5.99. The van der Waals surface area contributed by atoms with Crippen LogP contribution in [0.25, 0.3) is 0 Å². The number of hydrogen-bond donors (Lipinski definition) is 2. The second kappa shape index (κ2) is 12.1. The molecule has 2 aromatic rings. The minimum absolute atomic E-state index is 0.0890. The number of nitrogens with zero attached hydrogens (tertiary/aromatic N) is 2. The highest BCUT2D eigenvalue weighted by Gasteiger charge is 2.32. The Bertz CT molecular complexity index is 997. The zero-order chi connectivity index (χ0) is 25.4. The quantitative estimate of drug-likeness (QED) is 0.602. The maximum Gasteiger partial charge on any atom is 0.315 e. The van der Waals surface area contributed by atoms with Gasteiger partial charge in [-0.15, -0.1) is 0 Å². The maximum absolute atomic E-state index is 13.2. The Labute approximate surface area is 206 Å². The van der Waals surface area contributed by atoms with E-state index in [2.05, 4.69) is 10.6 Å². The first kappa shape index (κ1) is 25.9. The van der Waals surface area contributed by atoms with E-state index in [-0.39, 0.29) is 23.8 Å². The van der Waals surface area contributed by atoms with Gasteiger partial charge in [-0.1, -0.05) is 44.2 Å². The topological polar surface area (TPSA) is 100 Å². The van der Waals surface area contributed by atoms with Crippen molar-refractivity contribution < 1.29 is 23.9 Å². The molecule has 9 nitrogen and oxygen atoms in total. The van der Waals surface area contributed by atoms with Gasteiger partial charge < -0.3 is 29.9 Å². The lowest BCUT2D eigenvalue weighted by Crippen LogP contribution is -2.58. The number of carbonyl (C=O) groups excluding carboxylic acids is 3. The number of hydrogen-bond acceptors (Lipinski definition) is 5. The highest BCUT2D eigenvalue weighted by Crippen LogP contribution is 2.24. The lowest BCUT2D eigenvalue weighted by Gasteiger charge is -2.37. The molecule has 0 saturated carbocycles. The first-order valence-electron chi connectivity index (χ1n) is 11.7. The summed E-state index contributed by atoms with van der Waals surface area (Å²) in [5, 5.41) is 5.63. The Balaban J connectivity index is 1.56. The molecule has 0 radical (unpaired) electrons. The molecule has 9 heteroatoms. The van der Waals surface area contributed by atoms with Crippen molar-refractivity contribution in [2.45, 2.75) is 26.4 Å². The number of nitrogens with one attached hydrogen (secondary N) is 2. The van der Waals surface area contributed by atoms with Gasteiger partial charge in [-0.3, -0.25) is 9.59 Å². The van der Waals surface area contributed by atoms with Gasteiger partial charge in [0.2, 0.25) is 5.91 Å². The summed E-state index contributed by atoms with van der Waals surface area (Å²) >= 11 is 0. The molecule has 1 fully saturated rings. The van der Waals surface area contributed by atoms with Crippen LogP contribution in [0.1, 0.15) is 29.8 Å². The molecule has 1 heterocycles. The lowest BCUT2D eigenvalue weighted by molar-refractivity contribution is -0.135. The average molecular weight is 483 g/mol. The number of ether oxygens (including phenoxy) is 2. The van der Waals surface area contributed by atoms with E-state index in [4.69, 9.17) is 9.47 Å². The van der Waals surface area contributed by atoms with Gasteiger partial charge >= 0.3 is 6.03 Å². The molecule has 0 aromatic heterocycles. The largest absolute Gasteiger partial charge is 0.497 e. The summed E-state index contributed by atoms with van der Waals surface area (Å²) in [5.74, 6) is 0.697. The molecular formula is C26H34N4O5. The molecule has 1 unspecified atom stereocenters. The molecule has 188 valence electrons. The van der Waals surface area contributed by atoms with Crippen molar-refractivity contribution in [3.05, 3.63) is 59.7 Å². The zero-order valence-corrected chi connectivity index (χ0v) is 20.7. The van der Waals surface area contributed by atoms with Crippen LogP contribution in [0.2, 0.25) is 0 Å². The average Bonchev–Trinajstić information content (AvgIpc) is 2.89. The first-order valence-corrected chi connectivity index (χ1v) is 11.7. The van der Waals surface area contributed by atoms with Crippen LogP contribution in [0, 0.1) is 5.92 Å². The summed E-state index contributed by atoms with van der Waals surface area (Å²) in [6, 6.07) is 13.6. The van der Waals surface area contributed by atoms with Crippen molar-refractivity contribution in [2.75, 3.05) is 40.4 Å². The molecule has 1 aliphatic rings. The van der Waals surface area contributed by atoms with Crippen LogP contribution in [0.15, 0.2) is 48.5 Å². The molecule has 1 aliphatic heterocycles. The molecule has 2 N–H and O–H groups in total. The third-order valence-electron chi connectivity index (χ3n) is 5.99. The number of rotatable bonds is 8. The van der Waals surface area contributed by atoms with Gasteiger partial charge in [-0.05, 0) is 23.6 Å². The van der Waals surface area contributed by atoms with Crippen LogP contribution in [-0.2, 0) is 11.3 Å². The fourth-order valence-electron chi connectivity index (χ4n) is 3.92. The number of amides is 4.